The molecule has 1 aliphatic rings. The standard InChI is InChI=1S/C7H12O3/c1-9-6-3-5(8)4-7(6)10-2/h6-7H,3-4H2,1-2H3/t6-,7-/m1/s1. The van der Waals surface area contributed by atoms with Crippen LogP contribution in [-0.4, -0.2) is 32.2 Å². The summed E-state index contributed by atoms with van der Waals surface area (Å²) in [4.78, 5) is 10.8. The van der Waals surface area contributed by atoms with Crippen molar-refractivity contribution in [2.75, 3.05) is 14.2 Å². The first-order valence-electron chi connectivity index (χ1n) is 3.35. The Hall–Kier alpha value is -0.410. The highest BCUT2D eigenvalue weighted by atomic mass is 16.5. The monoisotopic (exact) mass is 144 g/mol. The Balaban J connectivity index is 2.48. The van der Waals surface area contributed by atoms with Gasteiger partial charge in [-0.1, -0.05) is 0 Å². The molecule has 0 bridgehead atoms. The molecule has 1 aliphatic carbocycles. The van der Waals surface area contributed by atoms with Gasteiger partial charge in [0, 0.05) is 27.1 Å². The molecule has 0 aliphatic heterocycles. The SMILES string of the molecule is CO[C@@H]1CC(=O)C[C@H]1OC. The van der Waals surface area contributed by atoms with E-state index in [1.807, 2.05) is 0 Å². The van der Waals surface area contributed by atoms with Crippen LogP contribution in [0.3, 0.4) is 0 Å². The molecular weight excluding hydrogens is 132 g/mol. The first-order valence-corrected chi connectivity index (χ1v) is 3.35. The number of hydrogen-bond donors (Lipinski definition) is 0. The van der Waals surface area contributed by atoms with Crippen LogP contribution in [-0.2, 0) is 14.3 Å². The molecule has 0 aromatic carbocycles. The van der Waals surface area contributed by atoms with Crippen LogP contribution in [0.2, 0.25) is 0 Å². The number of rotatable bonds is 2. The van der Waals surface area contributed by atoms with E-state index in [4.69, 9.17) is 9.47 Å². The summed E-state index contributed by atoms with van der Waals surface area (Å²) in [5.74, 6) is 0.235. The minimum Gasteiger partial charge on any atom is -0.378 e. The fourth-order valence-corrected chi connectivity index (χ4v) is 1.27. The molecule has 0 amide bonds. The molecule has 0 heterocycles. The highest BCUT2D eigenvalue weighted by Crippen LogP contribution is 2.20. The molecule has 1 fully saturated rings. The van der Waals surface area contributed by atoms with Crippen molar-refractivity contribution in [3.05, 3.63) is 0 Å². The Morgan fingerprint density at radius 3 is 1.90 bits per heavy atom. The molecule has 0 N–H and O–H groups in total. The summed E-state index contributed by atoms with van der Waals surface area (Å²) in [6.45, 7) is 0. The van der Waals surface area contributed by atoms with Crippen LogP contribution >= 0.6 is 0 Å². The highest BCUT2D eigenvalue weighted by Gasteiger charge is 2.32. The van der Waals surface area contributed by atoms with Crippen molar-refractivity contribution in [2.45, 2.75) is 25.0 Å². The molecule has 2 atom stereocenters. The first kappa shape index (κ1) is 7.69. The topological polar surface area (TPSA) is 35.5 Å². The molecular formula is C7H12O3. The second-order valence-corrected chi connectivity index (χ2v) is 2.50. The maximum atomic E-state index is 10.8. The van der Waals surface area contributed by atoms with Crippen molar-refractivity contribution in [3.8, 4) is 0 Å². The molecule has 0 aromatic rings. The Kier molecular flexibility index (Phi) is 2.40. The maximum absolute atomic E-state index is 10.8. The molecule has 0 aromatic heterocycles. The number of Topliss-reactive ketones (excluding diaryl/α,β-unsaturated/α-hetero) is 1. The van der Waals surface area contributed by atoms with Crippen molar-refractivity contribution in [1.82, 2.24) is 0 Å². The molecule has 58 valence electrons. The molecule has 3 nitrogen and oxygen atoms in total. The van der Waals surface area contributed by atoms with Gasteiger partial charge in [0.25, 0.3) is 0 Å². The van der Waals surface area contributed by atoms with Crippen molar-refractivity contribution in [1.29, 1.82) is 0 Å². The fraction of sp³-hybridized carbons (Fsp3) is 0.857. The number of ether oxygens (including phenoxy) is 2. The third-order valence-corrected chi connectivity index (χ3v) is 1.88. The van der Waals surface area contributed by atoms with Gasteiger partial charge in [0.1, 0.15) is 5.78 Å². The van der Waals surface area contributed by atoms with Gasteiger partial charge in [-0.15, -0.1) is 0 Å². The largest absolute Gasteiger partial charge is 0.378 e. The number of ketones is 1. The van der Waals surface area contributed by atoms with Gasteiger partial charge in [-0.3, -0.25) is 4.79 Å². The van der Waals surface area contributed by atoms with Gasteiger partial charge in [-0.25, -0.2) is 0 Å². The molecule has 0 saturated heterocycles. The zero-order valence-corrected chi connectivity index (χ0v) is 6.29. The van der Waals surface area contributed by atoms with Crippen LogP contribution in [0.1, 0.15) is 12.8 Å². The van der Waals surface area contributed by atoms with Gasteiger partial charge in [0.2, 0.25) is 0 Å². The lowest BCUT2D eigenvalue weighted by molar-refractivity contribution is -0.118. The molecule has 0 radical (unpaired) electrons. The Labute approximate surface area is 60.3 Å². The normalized spacial score (nSPS) is 33.2. The minimum absolute atomic E-state index is 0.0162. The number of carbonyl (C=O) groups is 1. The van der Waals surface area contributed by atoms with E-state index < -0.39 is 0 Å². The second-order valence-electron chi connectivity index (χ2n) is 2.50. The zero-order valence-electron chi connectivity index (χ0n) is 6.29. The number of methoxy groups -OCH3 is 2. The lowest BCUT2D eigenvalue weighted by atomic mass is 10.3. The lowest BCUT2D eigenvalue weighted by Crippen LogP contribution is -2.23. The highest BCUT2D eigenvalue weighted by molar-refractivity contribution is 5.82. The van der Waals surface area contributed by atoms with E-state index in [9.17, 15) is 4.79 Å². The van der Waals surface area contributed by atoms with Crippen LogP contribution in [0.4, 0.5) is 0 Å². The van der Waals surface area contributed by atoms with E-state index >= 15 is 0 Å². The van der Waals surface area contributed by atoms with Crippen LogP contribution < -0.4 is 0 Å². The van der Waals surface area contributed by atoms with E-state index in [1.165, 1.54) is 0 Å². The predicted octanol–water partition coefficient (Wildman–Crippen LogP) is 0.379. The minimum atomic E-state index is -0.0162. The average Bonchev–Trinajstić information content (AvgIpc) is 2.30. The van der Waals surface area contributed by atoms with Crippen LogP contribution in [0, 0.1) is 0 Å². The summed E-state index contributed by atoms with van der Waals surface area (Å²) in [6.07, 6.45) is 0.985. The van der Waals surface area contributed by atoms with Gasteiger partial charge in [0.15, 0.2) is 0 Å². The van der Waals surface area contributed by atoms with E-state index in [0.29, 0.717) is 12.8 Å². The van der Waals surface area contributed by atoms with E-state index in [-0.39, 0.29) is 18.0 Å². The summed E-state index contributed by atoms with van der Waals surface area (Å²) in [6, 6.07) is 0. The van der Waals surface area contributed by atoms with Crippen molar-refractivity contribution >= 4 is 5.78 Å². The zero-order chi connectivity index (χ0) is 7.56. The predicted molar refractivity (Wildman–Crippen MR) is 35.8 cm³/mol. The summed E-state index contributed by atoms with van der Waals surface area (Å²) in [5.41, 5.74) is 0. The van der Waals surface area contributed by atoms with Gasteiger partial charge in [0.05, 0.1) is 12.2 Å². The van der Waals surface area contributed by atoms with Gasteiger partial charge in [-0.05, 0) is 0 Å². The maximum Gasteiger partial charge on any atom is 0.138 e. The van der Waals surface area contributed by atoms with Gasteiger partial charge < -0.3 is 9.47 Å². The molecule has 10 heavy (non-hydrogen) atoms. The summed E-state index contributed by atoms with van der Waals surface area (Å²) in [5, 5.41) is 0. The second kappa shape index (κ2) is 3.12. The third-order valence-electron chi connectivity index (χ3n) is 1.88. The number of hydrogen-bond acceptors (Lipinski definition) is 3. The summed E-state index contributed by atoms with van der Waals surface area (Å²) in [7, 11) is 3.21. The van der Waals surface area contributed by atoms with Crippen molar-refractivity contribution in [3.63, 3.8) is 0 Å². The molecule has 0 unspecified atom stereocenters. The van der Waals surface area contributed by atoms with E-state index in [2.05, 4.69) is 0 Å². The molecule has 1 rings (SSSR count). The van der Waals surface area contributed by atoms with Crippen molar-refractivity contribution < 1.29 is 14.3 Å². The van der Waals surface area contributed by atoms with E-state index in [1.54, 1.807) is 14.2 Å². The van der Waals surface area contributed by atoms with Crippen molar-refractivity contribution in [2.24, 2.45) is 0 Å². The molecule has 0 spiro atoms. The lowest BCUT2D eigenvalue weighted by Gasteiger charge is -2.14. The Bertz CT molecular complexity index is 119. The smallest absolute Gasteiger partial charge is 0.138 e. The average molecular weight is 144 g/mol. The fourth-order valence-electron chi connectivity index (χ4n) is 1.27. The molecule has 3 heteroatoms. The number of carbonyl (C=O) groups excluding carboxylic acids is 1. The van der Waals surface area contributed by atoms with Gasteiger partial charge >= 0.3 is 0 Å². The third kappa shape index (κ3) is 1.36. The van der Waals surface area contributed by atoms with E-state index in [0.717, 1.165) is 0 Å². The van der Waals surface area contributed by atoms with Gasteiger partial charge in [-0.2, -0.15) is 0 Å². The molecule has 1 saturated carbocycles. The Morgan fingerprint density at radius 2 is 1.60 bits per heavy atom. The van der Waals surface area contributed by atoms with Crippen LogP contribution in [0.15, 0.2) is 0 Å². The van der Waals surface area contributed by atoms with Crippen LogP contribution in [0.5, 0.6) is 0 Å². The van der Waals surface area contributed by atoms with Crippen LogP contribution in [0.25, 0.3) is 0 Å². The summed E-state index contributed by atoms with van der Waals surface area (Å²) < 4.78 is 10.1. The summed E-state index contributed by atoms with van der Waals surface area (Å²) >= 11 is 0. The quantitative estimate of drug-likeness (QED) is 0.562. The Morgan fingerprint density at radius 1 is 1.20 bits per heavy atom. The first-order chi connectivity index (χ1) is 4.77.